The van der Waals surface area contributed by atoms with E-state index in [2.05, 4.69) is 19.4 Å². The van der Waals surface area contributed by atoms with E-state index in [1.807, 2.05) is 0 Å². The number of ether oxygens (including phenoxy) is 1. The molecular formula is C6H8F3N3O2. The molecule has 0 spiro atoms. The Morgan fingerprint density at radius 3 is 2.64 bits per heavy atom. The van der Waals surface area contributed by atoms with Crippen LogP contribution in [0, 0.1) is 0 Å². The molecule has 0 fully saturated rings. The van der Waals surface area contributed by atoms with Crippen molar-refractivity contribution in [3.8, 4) is 0 Å². The highest BCUT2D eigenvalue weighted by Gasteiger charge is 2.27. The van der Waals surface area contributed by atoms with E-state index in [-0.39, 0.29) is 24.9 Å². The highest BCUT2D eigenvalue weighted by atomic mass is 19.4. The van der Waals surface area contributed by atoms with Crippen LogP contribution in [0.3, 0.4) is 0 Å². The summed E-state index contributed by atoms with van der Waals surface area (Å²) in [5.41, 5.74) is 5.14. The van der Waals surface area contributed by atoms with Gasteiger partial charge in [-0.15, -0.1) is 0 Å². The highest BCUT2D eigenvalue weighted by molar-refractivity contribution is 4.83. The molecule has 14 heavy (non-hydrogen) atoms. The molecule has 1 rings (SSSR count). The average Bonchev–Trinajstić information content (AvgIpc) is 2.50. The molecule has 5 nitrogen and oxygen atoms in total. The number of hydrogen-bond donors (Lipinski definition) is 1. The Kier molecular flexibility index (Phi) is 3.42. The Balaban J connectivity index is 2.31. The third-order valence-corrected chi connectivity index (χ3v) is 1.18. The van der Waals surface area contributed by atoms with Gasteiger partial charge in [0.2, 0.25) is 5.89 Å². The lowest BCUT2D eigenvalue weighted by atomic mass is 10.6. The van der Waals surface area contributed by atoms with Crippen molar-refractivity contribution >= 4 is 0 Å². The lowest BCUT2D eigenvalue weighted by Gasteiger charge is -2.04. The fraction of sp³-hybridized carbons (Fsp3) is 0.667. The summed E-state index contributed by atoms with van der Waals surface area (Å²) in [5.74, 6) is 0.213. The number of halogens is 3. The number of aromatic nitrogens is 2. The molecule has 0 amide bonds. The minimum Gasteiger partial charge on any atom is -0.364 e. The normalized spacial score (nSPS) is 12.0. The van der Waals surface area contributed by atoms with Gasteiger partial charge in [0.25, 0.3) is 0 Å². The van der Waals surface area contributed by atoms with E-state index in [0.29, 0.717) is 0 Å². The Hall–Kier alpha value is -1.15. The molecule has 1 aromatic rings. The van der Waals surface area contributed by atoms with Crippen LogP contribution in [0.15, 0.2) is 4.52 Å². The SMILES string of the molecule is NCc1nc(COCC(F)(F)F)no1. The molecular weight excluding hydrogens is 203 g/mol. The number of alkyl halides is 3. The zero-order chi connectivity index (χ0) is 10.6. The Morgan fingerprint density at radius 1 is 1.43 bits per heavy atom. The third-order valence-electron chi connectivity index (χ3n) is 1.18. The van der Waals surface area contributed by atoms with Gasteiger partial charge < -0.3 is 15.0 Å². The summed E-state index contributed by atoms with van der Waals surface area (Å²) >= 11 is 0. The van der Waals surface area contributed by atoms with Crippen LogP contribution in [0.4, 0.5) is 13.2 Å². The summed E-state index contributed by atoms with van der Waals surface area (Å²) in [6.45, 7) is -1.63. The number of hydrogen-bond acceptors (Lipinski definition) is 5. The van der Waals surface area contributed by atoms with Crippen molar-refractivity contribution in [1.29, 1.82) is 0 Å². The van der Waals surface area contributed by atoms with E-state index >= 15 is 0 Å². The van der Waals surface area contributed by atoms with Crippen LogP contribution >= 0.6 is 0 Å². The van der Waals surface area contributed by atoms with Crippen LogP contribution in [0.2, 0.25) is 0 Å². The minimum absolute atomic E-state index is 0.0479. The fourth-order valence-electron chi connectivity index (χ4n) is 0.690. The zero-order valence-corrected chi connectivity index (χ0v) is 7.04. The molecule has 80 valence electrons. The number of nitrogens with zero attached hydrogens (tertiary/aromatic N) is 2. The van der Waals surface area contributed by atoms with Crippen molar-refractivity contribution in [3.63, 3.8) is 0 Å². The van der Waals surface area contributed by atoms with Gasteiger partial charge in [-0.1, -0.05) is 5.16 Å². The number of nitrogens with two attached hydrogens (primary N) is 1. The monoisotopic (exact) mass is 211 g/mol. The van der Waals surface area contributed by atoms with E-state index in [0.717, 1.165) is 0 Å². The molecule has 2 N–H and O–H groups in total. The molecule has 0 aliphatic carbocycles. The van der Waals surface area contributed by atoms with Gasteiger partial charge in [-0.3, -0.25) is 0 Å². The topological polar surface area (TPSA) is 74.2 Å². The first-order valence-corrected chi connectivity index (χ1v) is 3.67. The summed E-state index contributed by atoms with van der Waals surface area (Å²) < 4.78 is 43.7. The molecule has 0 bridgehead atoms. The predicted molar refractivity (Wildman–Crippen MR) is 37.9 cm³/mol. The van der Waals surface area contributed by atoms with E-state index in [9.17, 15) is 13.2 Å². The highest BCUT2D eigenvalue weighted by Crippen LogP contribution is 2.15. The van der Waals surface area contributed by atoms with E-state index in [1.165, 1.54) is 0 Å². The summed E-state index contributed by atoms with van der Waals surface area (Å²) in [6, 6.07) is 0. The van der Waals surface area contributed by atoms with Crippen molar-refractivity contribution in [2.45, 2.75) is 19.3 Å². The average molecular weight is 211 g/mol. The van der Waals surface area contributed by atoms with Gasteiger partial charge >= 0.3 is 6.18 Å². The largest absolute Gasteiger partial charge is 0.411 e. The van der Waals surface area contributed by atoms with Gasteiger partial charge in [-0.2, -0.15) is 18.2 Å². The van der Waals surface area contributed by atoms with Gasteiger partial charge in [0.1, 0.15) is 13.2 Å². The minimum atomic E-state index is -4.35. The smallest absolute Gasteiger partial charge is 0.364 e. The molecule has 0 unspecified atom stereocenters. The van der Waals surface area contributed by atoms with Crippen molar-refractivity contribution in [2.24, 2.45) is 5.73 Å². The van der Waals surface area contributed by atoms with Crippen molar-refractivity contribution in [1.82, 2.24) is 10.1 Å². The maximum absolute atomic E-state index is 11.6. The van der Waals surface area contributed by atoms with Crippen LogP contribution in [-0.4, -0.2) is 22.9 Å². The Labute approximate surface area is 77.0 Å². The first kappa shape index (κ1) is 10.9. The van der Waals surface area contributed by atoms with Crippen LogP contribution in [0.5, 0.6) is 0 Å². The molecule has 0 atom stereocenters. The van der Waals surface area contributed by atoms with E-state index < -0.39 is 12.8 Å². The molecule has 1 heterocycles. The second kappa shape index (κ2) is 4.38. The van der Waals surface area contributed by atoms with Crippen LogP contribution in [0.25, 0.3) is 0 Å². The third kappa shape index (κ3) is 3.71. The zero-order valence-electron chi connectivity index (χ0n) is 7.04. The lowest BCUT2D eigenvalue weighted by molar-refractivity contribution is -0.177. The maximum atomic E-state index is 11.6. The van der Waals surface area contributed by atoms with Crippen molar-refractivity contribution < 1.29 is 22.4 Å². The summed E-state index contributed by atoms with van der Waals surface area (Å²) in [5, 5.41) is 3.35. The van der Waals surface area contributed by atoms with Crippen molar-refractivity contribution in [2.75, 3.05) is 6.61 Å². The second-order valence-corrected chi connectivity index (χ2v) is 2.42. The Bertz CT molecular complexity index is 286. The summed E-state index contributed by atoms with van der Waals surface area (Å²) in [6.07, 6.45) is -4.35. The molecule has 0 radical (unpaired) electrons. The Morgan fingerprint density at radius 2 is 2.14 bits per heavy atom. The van der Waals surface area contributed by atoms with Gasteiger partial charge in [0, 0.05) is 0 Å². The molecule has 0 aliphatic heterocycles. The van der Waals surface area contributed by atoms with E-state index in [4.69, 9.17) is 5.73 Å². The second-order valence-electron chi connectivity index (χ2n) is 2.42. The molecule has 1 aromatic heterocycles. The number of rotatable bonds is 4. The van der Waals surface area contributed by atoms with Crippen LogP contribution in [0.1, 0.15) is 11.7 Å². The first-order valence-electron chi connectivity index (χ1n) is 3.67. The first-order chi connectivity index (χ1) is 6.51. The molecule has 0 saturated carbocycles. The van der Waals surface area contributed by atoms with Crippen LogP contribution < -0.4 is 5.73 Å². The molecule has 0 saturated heterocycles. The maximum Gasteiger partial charge on any atom is 0.411 e. The van der Waals surface area contributed by atoms with Gasteiger partial charge in [-0.25, -0.2) is 0 Å². The van der Waals surface area contributed by atoms with Gasteiger partial charge in [-0.05, 0) is 0 Å². The summed E-state index contributed by atoms with van der Waals surface area (Å²) in [4.78, 5) is 3.65. The molecule has 0 aliphatic rings. The van der Waals surface area contributed by atoms with Gasteiger partial charge in [0.05, 0.1) is 6.54 Å². The standard InChI is InChI=1S/C6H8F3N3O2/c7-6(8,9)3-13-2-4-11-5(1-10)14-12-4/h1-3,10H2. The molecule has 0 aromatic carbocycles. The quantitative estimate of drug-likeness (QED) is 0.789. The van der Waals surface area contributed by atoms with Crippen LogP contribution in [-0.2, 0) is 17.9 Å². The predicted octanol–water partition coefficient (Wildman–Crippen LogP) is 0.607. The summed E-state index contributed by atoms with van der Waals surface area (Å²) in [7, 11) is 0. The van der Waals surface area contributed by atoms with Crippen molar-refractivity contribution in [3.05, 3.63) is 11.7 Å². The van der Waals surface area contributed by atoms with Gasteiger partial charge in [0.15, 0.2) is 5.82 Å². The van der Waals surface area contributed by atoms with E-state index in [1.54, 1.807) is 0 Å². The lowest BCUT2D eigenvalue weighted by Crippen LogP contribution is -2.17. The fourth-order valence-corrected chi connectivity index (χ4v) is 0.690. The molecule has 8 heteroatoms.